The van der Waals surface area contributed by atoms with E-state index in [1.165, 1.54) is 41.6 Å². The molecule has 0 aliphatic carbocycles. The highest BCUT2D eigenvalue weighted by atomic mass is 16.6. The maximum Gasteiger partial charge on any atom is 0.294 e. The summed E-state index contributed by atoms with van der Waals surface area (Å²) in [6.07, 6.45) is 5.96. The van der Waals surface area contributed by atoms with Gasteiger partial charge in [-0.3, -0.25) is 19.7 Å². The van der Waals surface area contributed by atoms with E-state index in [2.05, 4.69) is 15.6 Å². The number of carbonyl (C=O) groups excluding carboxylic acids is 2. The van der Waals surface area contributed by atoms with Crippen molar-refractivity contribution in [2.24, 2.45) is 0 Å². The molecule has 2 heterocycles. The van der Waals surface area contributed by atoms with E-state index in [4.69, 9.17) is 4.42 Å². The minimum atomic E-state index is -0.540. The van der Waals surface area contributed by atoms with E-state index in [0.717, 1.165) is 5.56 Å². The topological polar surface area (TPSA) is 132 Å². The number of nitrogens with zero attached hydrogens (tertiary/aromatic N) is 3. The number of benzene rings is 2. The smallest absolute Gasteiger partial charge is 0.294 e. The summed E-state index contributed by atoms with van der Waals surface area (Å²) in [5.41, 5.74) is 1.65. The van der Waals surface area contributed by atoms with E-state index in [1.54, 1.807) is 42.6 Å². The molecule has 2 N–H and O–H groups in total. The average Bonchev–Trinajstić information content (AvgIpc) is 3.52. The number of nitro groups is 1. The third-order valence-corrected chi connectivity index (χ3v) is 4.63. The van der Waals surface area contributed by atoms with Crippen LogP contribution in [-0.2, 0) is 6.54 Å². The third-order valence-electron chi connectivity index (χ3n) is 4.63. The van der Waals surface area contributed by atoms with Gasteiger partial charge in [0.05, 0.1) is 17.5 Å². The normalized spacial score (nSPS) is 10.5. The molecule has 0 fully saturated rings. The van der Waals surface area contributed by atoms with Gasteiger partial charge in [0.25, 0.3) is 17.5 Å². The third kappa shape index (κ3) is 4.54. The molecule has 32 heavy (non-hydrogen) atoms. The van der Waals surface area contributed by atoms with Crippen LogP contribution in [0.5, 0.6) is 0 Å². The Morgan fingerprint density at radius 3 is 2.56 bits per heavy atom. The maximum atomic E-state index is 12.5. The second-order valence-electron chi connectivity index (χ2n) is 6.74. The summed E-state index contributed by atoms with van der Waals surface area (Å²) < 4.78 is 6.55. The first-order valence-electron chi connectivity index (χ1n) is 9.50. The van der Waals surface area contributed by atoms with E-state index in [0.29, 0.717) is 11.4 Å². The van der Waals surface area contributed by atoms with Gasteiger partial charge >= 0.3 is 0 Å². The molecule has 0 saturated heterocycles. The summed E-state index contributed by atoms with van der Waals surface area (Å²) in [5, 5.41) is 16.9. The highest BCUT2D eigenvalue weighted by molar-refractivity contribution is 6.02. The van der Waals surface area contributed by atoms with Crippen LogP contribution < -0.4 is 10.6 Å². The number of anilines is 1. The molecule has 10 heteroatoms. The Balaban J connectivity index is 1.40. The molecule has 0 bridgehead atoms. The van der Waals surface area contributed by atoms with E-state index in [9.17, 15) is 19.7 Å². The number of rotatable bonds is 7. The average molecular weight is 431 g/mol. The molecule has 0 spiro atoms. The van der Waals surface area contributed by atoms with E-state index >= 15 is 0 Å². The Hall–Kier alpha value is -4.73. The minimum Gasteiger partial charge on any atom is -0.459 e. The van der Waals surface area contributed by atoms with Crippen molar-refractivity contribution in [2.45, 2.75) is 6.54 Å². The molecule has 0 aliphatic heterocycles. The molecule has 0 aliphatic rings. The molecule has 2 amide bonds. The Morgan fingerprint density at radius 2 is 1.91 bits per heavy atom. The lowest BCUT2D eigenvalue weighted by Crippen LogP contribution is -2.23. The Labute approximate surface area is 181 Å². The highest BCUT2D eigenvalue weighted by Crippen LogP contribution is 2.24. The summed E-state index contributed by atoms with van der Waals surface area (Å²) in [7, 11) is 0. The first-order chi connectivity index (χ1) is 15.5. The zero-order valence-electron chi connectivity index (χ0n) is 16.6. The predicted octanol–water partition coefficient (Wildman–Crippen LogP) is 3.56. The second-order valence-corrected chi connectivity index (χ2v) is 6.74. The summed E-state index contributed by atoms with van der Waals surface area (Å²) in [4.78, 5) is 39.3. The van der Waals surface area contributed by atoms with Crippen molar-refractivity contribution < 1.29 is 18.9 Å². The van der Waals surface area contributed by atoms with Crippen molar-refractivity contribution in [2.75, 3.05) is 5.32 Å². The number of furan rings is 1. The molecule has 4 rings (SSSR count). The fourth-order valence-corrected chi connectivity index (χ4v) is 3.02. The van der Waals surface area contributed by atoms with Gasteiger partial charge in [0.2, 0.25) is 0 Å². The zero-order valence-corrected chi connectivity index (χ0v) is 16.6. The molecule has 0 radical (unpaired) electrons. The number of hydrogen-bond acceptors (Lipinski definition) is 6. The van der Waals surface area contributed by atoms with Crippen molar-refractivity contribution in [3.8, 4) is 5.69 Å². The summed E-state index contributed by atoms with van der Waals surface area (Å²) in [5.74, 6) is -0.605. The van der Waals surface area contributed by atoms with Crippen molar-refractivity contribution in [1.29, 1.82) is 0 Å². The second kappa shape index (κ2) is 8.96. The monoisotopic (exact) mass is 431 g/mol. The first-order valence-corrected chi connectivity index (χ1v) is 9.50. The fourth-order valence-electron chi connectivity index (χ4n) is 3.02. The van der Waals surface area contributed by atoms with Crippen LogP contribution in [0.3, 0.4) is 0 Å². The lowest BCUT2D eigenvalue weighted by Gasteiger charge is -2.09. The van der Waals surface area contributed by atoms with Gasteiger partial charge in [-0.1, -0.05) is 12.1 Å². The Morgan fingerprint density at radius 1 is 1.09 bits per heavy atom. The van der Waals surface area contributed by atoms with Crippen molar-refractivity contribution >= 4 is 23.2 Å². The number of amides is 2. The van der Waals surface area contributed by atoms with Crippen LogP contribution >= 0.6 is 0 Å². The van der Waals surface area contributed by atoms with Gasteiger partial charge in [0.1, 0.15) is 5.69 Å². The van der Waals surface area contributed by atoms with Gasteiger partial charge in [-0.15, -0.1) is 0 Å². The van der Waals surface area contributed by atoms with Crippen LogP contribution in [0.2, 0.25) is 0 Å². The molecule has 4 aromatic rings. The first kappa shape index (κ1) is 20.5. The van der Waals surface area contributed by atoms with Gasteiger partial charge in [-0.2, -0.15) is 0 Å². The van der Waals surface area contributed by atoms with Crippen LogP contribution in [0.15, 0.2) is 84.0 Å². The Kier molecular flexibility index (Phi) is 5.75. The van der Waals surface area contributed by atoms with Gasteiger partial charge in [-0.05, 0) is 42.0 Å². The molecule has 2 aromatic carbocycles. The SMILES string of the molecule is O=C(NCc1ccc(NC(=O)c2ccco2)cc1)c1ccc(-n2ccnc2)c([N+](=O)[O-])c1. The lowest BCUT2D eigenvalue weighted by atomic mass is 10.1. The number of imidazole rings is 1. The quantitative estimate of drug-likeness (QED) is 0.340. The maximum absolute atomic E-state index is 12.5. The summed E-state index contributed by atoms with van der Waals surface area (Å²) in [6, 6.07) is 14.4. The van der Waals surface area contributed by atoms with Crippen molar-refractivity contribution in [3.63, 3.8) is 0 Å². The number of carbonyl (C=O) groups is 2. The van der Waals surface area contributed by atoms with Crippen LogP contribution in [0, 0.1) is 10.1 Å². The van der Waals surface area contributed by atoms with E-state index in [1.807, 2.05) is 0 Å². The highest BCUT2D eigenvalue weighted by Gasteiger charge is 2.18. The predicted molar refractivity (Wildman–Crippen MR) is 114 cm³/mol. The summed E-state index contributed by atoms with van der Waals surface area (Å²) in [6.45, 7) is 0.211. The largest absolute Gasteiger partial charge is 0.459 e. The van der Waals surface area contributed by atoms with Gasteiger partial charge in [-0.25, -0.2) is 4.98 Å². The molecular weight excluding hydrogens is 414 g/mol. The molecule has 0 unspecified atom stereocenters. The number of nitrogens with one attached hydrogen (secondary N) is 2. The van der Waals surface area contributed by atoms with Gasteiger partial charge in [0, 0.05) is 36.3 Å². The molecule has 0 saturated carbocycles. The minimum absolute atomic E-state index is 0.169. The van der Waals surface area contributed by atoms with Crippen LogP contribution in [0.4, 0.5) is 11.4 Å². The zero-order chi connectivity index (χ0) is 22.5. The van der Waals surface area contributed by atoms with Crippen molar-refractivity contribution in [1.82, 2.24) is 14.9 Å². The number of nitro benzene ring substituents is 1. The number of aromatic nitrogens is 2. The molecule has 0 atom stereocenters. The molecule has 160 valence electrons. The Bertz CT molecular complexity index is 1250. The van der Waals surface area contributed by atoms with Crippen LogP contribution in [0.1, 0.15) is 26.5 Å². The van der Waals surface area contributed by atoms with Crippen LogP contribution in [-0.4, -0.2) is 26.3 Å². The fraction of sp³-hybridized carbons (Fsp3) is 0.0455. The molecular formula is C22H17N5O5. The lowest BCUT2D eigenvalue weighted by molar-refractivity contribution is -0.384. The standard InChI is InChI=1S/C22H17N5O5/c28-21(16-5-8-18(19(12-16)27(30)31)26-10-9-23-14-26)24-13-15-3-6-17(7-4-15)25-22(29)20-2-1-11-32-20/h1-12,14H,13H2,(H,24,28)(H,25,29). The summed E-state index contributed by atoms with van der Waals surface area (Å²) >= 11 is 0. The van der Waals surface area contributed by atoms with Gasteiger partial charge < -0.3 is 19.6 Å². The molecule has 10 nitrogen and oxygen atoms in total. The van der Waals surface area contributed by atoms with Crippen molar-refractivity contribution in [3.05, 3.63) is 107 Å². The molecule has 2 aromatic heterocycles. The van der Waals surface area contributed by atoms with Gasteiger partial charge in [0.15, 0.2) is 5.76 Å². The van der Waals surface area contributed by atoms with E-state index in [-0.39, 0.29) is 29.5 Å². The number of hydrogen-bond donors (Lipinski definition) is 2. The van der Waals surface area contributed by atoms with E-state index < -0.39 is 10.8 Å². The van der Waals surface area contributed by atoms with Crippen LogP contribution in [0.25, 0.3) is 5.69 Å².